The fraction of sp³-hybridized carbons (Fsp3) is 0.500. The van der Waals surface area contributed by atoms with Crippen LogP contribution < -0.4 is 4.98 Å². The molecule has 19 heavy (non-hydrogen) atoms. The van der Waals surface area contributed by atoms with Crippen molar-refractivity contribution in [3.05, 3.63) is 30.6 Å². The Morgan fingerprint density at radius 3 is 1.95 bits per heavy atom. The molecule has 0 aliphatic rings. The van der Waals surface area contributed by atoms with E-state index in [2.05, 4.69) is 4.98 Å². The summed E-state index contributed by atoms with van der Waals surface area (Å²) in [7, 11) is -5.10. The summed E-state index contributed by atoms with van der Waals surface area (Å²) in [4.78, 5) is 2.89. The normalized spacial score (nSPS) is 13.3. The molecular weight excluding hydrogens is 290 g/mol. The number of aromatic nitrogens is 1. The van der Waals surface area contributed by atoms with Gasteiger partial charge in [-0.3, -0.25) is 0 Å². The summed E-state index contributed by atoms with van der Waals surface area (Å²) in [6.45, 7) is 0. The lowest BCUT2D eigenvalue weighted by Crippen LogP contribution is -2.16. The van der Waals surface area contributed by atoms with Crippen LogP contribution in [-0.4, -0.2) is 24.7 Å². The van der Waals surface area contributed by atoms with Crippen LogP contribution in [0.15, 0.2) is 30.6 Å². The summed E-state index contributed by atoms with van der Waals surface area (Å²) in [5, 5.41) is 0. The number of halogens is 4. The summed E-state index contributed by atoms with van der Waals surface area (Å²) < 4.78 is 76.2. The van der Waals surface area contributed by atoms with E-state index in [4.69, 9.17) is 0 Å². The second kappa shape index (κ2) is 8.05. The predicted molar refractivity (Wildman–Crippen MR) is 57.5 cm³/mol. The van der Waals surface area contributed by atoms with Gasteiger partial charge in [-0.15, -0.1) is 0 Å². The molecule has 0 aliphatic heterocycles. The van der Waals surface area contributed by atoms with Gasteiger partial charge in [-0.05, 0) is 12.8 Å². The van der Waals surface area contributed by atoms with Crippen LogP contribution in [0.5, 0.6) is 0 Å². The van der Waals surface area contributed by atoms with Gasteiger partial charge in [0.25, 0.3) is 0 Å². The first-order valence-electron chi connectivity index (χ1n) is 5.19. The number of nitrogens with one attached hydrogen (secondary N) is 1. The van der Waals surface area contributed by atoms with Crippen molar-refractivity contribution in [3.63, 3.8) is 0 Å². The average Bonchev–Trinajstić information content (AvgIpc) is 2.29. The standard InChI is InChI=1S/C5H8F4O3S.C5H5N/c6-4(13(10,11)12)2-1-3-5(7,8)9;1-2-4-6-5-3-1/h4H,1-3H2,(H,10,11,12);1-5H. The smallest absolute Gasteiger partial charge is 0.389 e. The van der Waals surface area contributed by atoms with Gasteiger partial charge in [-0.2, -0.15) is 13.2 Å². The largest absolute Gasteiger partial charge is 0.746 e. The zero-order valence-electron chi connectivity index (χ0n) is 9.73. The van der Waals surface area contributed by atoms with E-state index in [-0.39, 0.29) is 0 Å². The van der Waals surface area contributed by atoms with E-state index in [0.29, 0.717) is 0 Å². The molecule has 0 aliphatic carbocycles. The van der Waals surface area contributed by atoms with Crippen molar-refractivity contribution >= 4 is 10.1 Å². The number of pyridine rings is 1. The molecule has 4 nitrogen and oxygen atoms in total. The molecule has 0 amide bonds. The summed E-state index contributed by atoms with van der Waals surface area (Å²) in [5.74, 6) is 0. The second-order valence-corrected chi connectivity index (χ2v) is 4.98. The van der Waals surface area contributed by atoms with Crippen molar-refractivity contribution in [2.45, 2.75) is 30.9 Å². The first-order chi connectivity index (χ1) is 8.63. The maximum atomic E-state index is 12.2. The van der Waals surface area contributed by atoms with Crippen LogP contribution in [0.4, 0.5) is 17.6 Å². The zero-order valence-corrected chi connectivity index (χ0v) is 10.5. The van der Waals surface area contributed by atoms with Crippen LogP contribution in [0.3, 0.4) is 0 Å². The molecule has 0 radical (unpaired) electrons. The molecule has 1 aromatic rings. The highest BCUT2D eigenvalue weighted by atomic mass is 32.2. The molecule has 1 heterocycles. The predicted octanol–water partition coefficient (Wildman–Crippen LogP) is 2.06. The topological polar surface area (TPSA) is 71.3 Å². The molecule has 9 heteroatoms. The van der Waals surface area contributed by atoms with Gasteiger partial charge < -0.3 is 4.55 Å². The van der Waals surface area contributed by atoms with Gasteiger partial charge in [-0.25, -0.2) is 17.8 Å². The van der Waals surface area contributed by atoms with Crippen molar-refractivity contribution in [1.29, 1.82) is 0 Å². The third kappa shape index (κ3) is 11.6. The lowest BCUT2D eigenvalue weighted by molar-refractivity contribution is -0.377. The number of aromatic amines is 1. The molecule has 0 aromatic carbocycles. The van der Waals surface area contributed by atoms with Crippen LogP contribution in [-0.2, 0) is 10.1 Å². The minimum atomic E-state index is -5.10. The third-order valence-electron chi connectivity index (χ3n) is 1.81. The minimum absolute atomic E-state index is 0.702. The molecule has 110 valence electrons. The maximum Gasteiger partial charge on any atom is 0.389 e. The molecule has 0 saturated carbocycles. The van der Waals surface area contributed by atoms with Crippen molar-refractivity contribution in [2.24, 2.45) is 0 Å². The molecule has 1 aromatic heterocycles. The van der Waals surface area contributed by atoms with Gasteiger partial charge in [0.1, 0.15) is 10.1 Å². The lowest BCUT2D eigenvalue weighted by atomic mass is 10.2. The molecular formula is C10H13F4NO3S. The van der Waals surface area contributed by atoms with Crippen LogP contribution >= 0.6 is 0 Å². The summed E-state index contributed by atoms with van der Waals surface area (Å²) >= 11 is 0. The number of rotatable bonds is 4. The van der Waals surface area contributed by atoms with E-state index in [1.54, 1.807) is 0 Å². The Morgan fingerprint density at radius 1 is 1.16 bits per heavy atom. The van der Waals surface area contributed by atoms with Crippen LogP contribution in [0.25, 0.3) is 0 Å². The van der Waals surface area contributed by atoms with Gasteiger partial charge in [0, 0.05) is 18.6 Å². The Hall–Kier alpha value is -1.22. The van der Waals surface area contributed by atoms with E-state index in [1.807, 2.05) is 30.6 Å². The molecule has 0 saturated heterocycles. The van der Waals surface area contributed by atoms with E-state index >= 15 is 0 Å². The Bertz CT molecular complexity index is 409. The number of H-pyrrole nitrogens is 1. The van der Waals surface area contributed by atoms with Gasteiger partial charge in [0.15, 0.2) is 17.9 Å². The quantitative estimate of drug-likeness (QED) is 0.631. The monoisotopic (exact) mass is 303 g/mol. The molecule has 0 bridgehead atoms. The van der Waals surface area contributed by atoms with Gasteiger partial charge >= 0.3 is 6.18 Å². The second-order valence-electron chi connectivity index (χ2n) is 3.49. The molecule has 1 N–H and O–H groups in total. The van der Waals surface area contributed by atoms with Crippen molar-refractivity contribution in [3.8, 4) is 0 Å². The zero-order chi connectivity index (χ0) is 14.9. The van der Waals surface area contributed by atoms with Gasteiger partial charge in [-0.1, -0.05) is 6.07 Å². The van der Waals surface area contributed by atoms with E-state index < -0.39 is 41.1 Å². The summed E-state index contributed by atoms with van der Waals surface area (Å²) in [5.41, 5.74) is -2.74. The van der Waals surface area contributed by atoms with Gasteiger partial charge in [0.2, 0.25) is 0 Å². The minimum Gasteiger partial charge on any atom is -0.746 e. The molecule has 1 unspecified atom stereocenters. The van der Waals surface area contributed by atoms with Crippen LogP contribution in [0, 0.1) is 0 Å². The number of alkyl halides is 4. The fourth-order valence-corrected chi connectivity index (χ4v) is 1.40. The third-order valence-corrected chi connectivity index (χ3v) is 2.67. The number of hydrogen-bond donors (Lipinski definition) is 0. The van der Waals surface area contributed by atoms with E-state index in [9.17, 15) is 30.5 Å². The molecule has 1 rings (SSSR count). The van der Waals surface area contributed by atoms with Gasteiger partial charge in [0.05, 0.1) is 0 Å². The summed E-state index contributed by atoms with van der Waals surface area (Å²) in [6, 6.07) is 5.86. The van der Waals surface area contributed by atoms with Crippen molar-refractivity contribution in [2.75, 3.05) is 0 Å². The Labute approximate surface area is 108 Å². The maximum absolute atomic E-state index is 12.2. The van der Waals surface area contributed by atoms with Crippen molar-refractivity contribution in [1.82, 2.24) is 0 Å². The Kier molecular flexibility index (Phi) is 7.53. The summed E-state index contributed by atoms with van der Waals surface area (Å²) in [6.07, 6.45) is -3.60. The number of hydrogen-bond acceptors (Lipinski definition) is 3. The van der Waals surface area contributed by atoms with E-state index in [1.165, 1.54) is 0 Å². The highest BCUT2D eigenvalue weighted by Crippen LogP contribution is 2.23. The molecule has 1 atom stereocenters. The molecule has 0 spiro atoms. The lowest BCUT2D eigenvalue weighted by Gasteiger charge is -2.12. The Morgan fingerprint density at radius 2 is 1.68 bits per heavy atom. The average molecular weight is 303 g/mol. The van der Waals surface area contributed by atoms with E-state index in [0.717, 1.165) is 0 Å². The first kappa shape index (κ1) is 17.8. The van der Waals surface area contributed by atoms with Crippen molar-refractivity contribution < 1.29 is 35.5 Å². The first-order valence-corrected chi connectivity index (χ1v) is 6.66. The highest BCUT2D eigenvalue weighted by Gasteiger charge is 2.27. The SMILES string of the molecule is O=S(=O)([O-])C(F)CCCC(F)(F)F.c1cc[nH+]cc1. The highest BCUT2D eigenvalue weighted by molar-refractivity contribution is 7.86. The van der Waals surface area contributed by atoms with Crippen LogP contribution in [0.1, 0.15) is 19.3 Å². The van der Waals surface area contributed by atoms with Crippen LogP contribution in [0.2, 0.25) is 0 Å². The Balaban J connectivity index is 0.000000443. The fourth-order valence-electron chi connectivity index (χ4n) is 0.949. The molecule has 0 fully saturated rings.